The first-order valence-corrected chi connectivity index (χ1v) is 9.75. The predicted molar refractivity (Wildman–Crippen MR) is 95.7 cm³/mol. The fraction of sp³-hybridized carbons (Fsp3) is 0.0625. The van der Waals surface area contributed by atoms with Crippen molar-refractivity contribution in [2.24, 2.45) is 10.2 Å². The summed E-state index contributed by atoms with van der Waals surface area (Å²) in [6, 6.07) is 6.68. The highest BCUT2D eigenvalue weighted by atomic mass is 32.2. The van der Waals surface area contributed by atoms with E-state index in [9.17, 15) is 21.9 Å². The molecule has 0 saturated heterocycles. The predicted octanol–water partition coefficient (Wildman–Crippen LogP) is 2.77. The maximum Gasteiger partial charge on any atom is 0.294 e. The van der Waals surface area contributed by atoms with Crippen LogP contribution < -0.4 is 0 Å². The first-order valence-electron chi connectivity index (χ1n) is 7.24. The first kappa shape index (κ1) is 18.0. The van der Waals surface area contributed by atoms with Crippen molar-refractivity contribution in [3.8, 4) is 5.75 Å². The summed E-state index contributed by atoms with van der Waals surface area (Å²) in [5.74, 6) is -0.158. The van der Waals surface area contributed by atoms with E-state index in [2.05, 4.69) is 10.2 Å². The Morgan fingerprint density at radius 2 is 1.81 bits per heavy atom. The van der Waals surface area contributed by atoms with Gasteiger partial charge in [0.2, 0.25) is 10.3 Å². The molecule has 0 fully saturated rings. The van der Waals surface area contributed by atoms with Crippen molar-refractivity contribution >= 4 is 41.7 Å². The molecule has 10 heteroatoms. The summed E-state index contributed by atoms with van der Waals surface area (Å²) in [5.41, 5.74) is 0.547. The van der Waals surface area contributed by atoms with Crippen LogP contribution in [0.3, 0.4) is 0 Å². The van der Waals surface area contributed by atoms with Crippen molar-refractivity contribution in [2.75, 3.05) is 0 Å². The van der Waals surface area contributed by atoms with E-state index in [0.717, 1.165) is 0 Å². The van der Waals surface area contributed by atoms with Gasteiger partial charge in [-0.25, -0.2) is 0 Å². The van der Waals surface area contributed by atoms with E-state index in [-0.39, 0.29) is 27.6 Å². The number of phenolic OH excluding ortho intramolecular Hbond substituents is 1. The summed E-state index contributed by atoms with van der Waals surface area (Å²) >= 11 is 0. The second-order valence-electron chi connectivity index (χ2n) is 5.36. The lowest BCUT2D eigenvalue weighted by Crippen LogP contribution is -1.97. The summed E-state index contributed by atoms with van der Waals surface area (Å²) in [4.78, 5) is -0.0418. The molecule has 0 saturated carbocycles. The fourth-order valence-corrected chi connectivity index (χ4v) is 3.29. The Bertz CT molecular complexity index is 1230. The molecule has 0 spiro atoms. The van der Waals surface area contributed by atoms with Crippen molar-refractivity contribution in [3.05, 3.63) is 54.3 Å². The van der Waals surface area contributed by atoms with Crippen LogP contribution in [0.25, 0.3) is 10.8 Å². The monoisotopic (exact) mass is 392 g/mol. The third-order valence-electron chi connectivity index (χ3n) is 3.67. The molecule has 0 aliphatic heterocycles. The standard InChI is InChI=1S/C16H12N2O6S2/c19-15-8-1-10-9-13(26(22,23)24)6-7-14(10)16(15)18-17-11-2-4-12(5-3-11)25(20)21/h1-4,6-9,19H,5H2,(H,22,23,24). The second-order valence-corrected chi connectivity index (χ2v) is 7.77. The van der Waals surface area contributed by atoms with Gasteiger partial charge in [0.25, 0.3) is 10.1 Å². The number of hydrogen-bond acceptors (Lipinski definition) is 7. The maximum absolute atomic E-state index is 11.2. The van der Waals surface area contributed by atoms with Crippen LogP contribution in [-0.4, -0.2) is 31.4 Å². The van der Waals surface area contributed by atoms with Crippen molar-refractivity contribution < 1.29 is 26.5 Å². The summed E-state index contributed by atoms with van der Waals surface area (Å²) < 4.78 is 53.3. The van der Waals surface area contributed by atoms with Crippen LogP contribution in [0, 0.1) is 0 Å². The van der Waals surface area contributed by atoms with Crippen LogP contribution in [0.5, 0.6) is 5.75 Å². The fourth-order valence-electron chi connectivity index (χ4n) is 2.37. The molecule has 2 N–H and O–H groups in total. The summed E-state index contributed by atoms with van der Waals surface area (Å²) in [5, 5.41) is 18.9. The van der Waals surface area contributed by atoms with E-state index in [1.54, 1.807) is 6.08 Å². The summed E-state index contributed by atoms with van der Waals surface area (Å²) in [6.07, 6.45) is 4.67. The van der Waals surface area contributed by atoms with Gasteiger partial charge in [-0.1, -0.05) is 18.2 Å². The number of hydrogen-bond donors (Lipinski definition) is 2. The molecule has 2 aromatic carbocycles. The van der Waals surface area contributed by atoms with Crippen molar-refractivity contribution in [1.82, 2.24) is 0 Å². The number of allylic oxidation sites excluding steroid dienone is 3. The minimum Gasteiger partial charge on any atom is -0.506 e. The number of benzene rings is 2. The van der Waals surface area contributed by atoms with Gasteiger partial charge in [0.1, 0.15) is 11.4 Å². The zero-order valence-corrected chi connectivity index (χ0v) is 14.7. The Hall–Kier alpha value is -2.82. The third kappa shape index (κ3) is 3.72. The quantitative estimate of drug-likeness (QED) is 0.469. The van der Waals surface area contributed by atoms with Crippen LogP contribution in [0.4, 0.5) is 5.69 Å². The molecule has 0 heterocycles. The third-order valence-corrected chi connectivity index (χ3v) is 5.25. The van der Waals surface area contributed by atoms with Crippen molar-refractivity contribution in [2.45, 2.75) is 11.3 Å². The molecule has 0 radical (unpaired) electrons. The smallest absolute Gasteiger partial charge is 0.294 e. The average molecular weight is 392 g/mol. The van der Waals surface area contributed by atoms with Gasteiger partial charge in [0.15, 0.2) is 0 Å². The minimum absolute atomic E-state index is 0.126. The highest BCUT2D eigenvalue weighted by Gasteiger charge is 2.13. The molecule has 8 nitrogen and oxygen atoms in total. The molecule has 26 heavy (non-hydrogen) atoms. The van der Waals surface area contributed by atoms with Crippen LogP contribution >= 0.6 is 0 Å². The van der Waals surface area contributed by atoms with Gasteiger partial charge in [0, 0.05) is 11.8 Å². The first-order chi connectivity index (χ1) is 12.3. The van der Waals surface area contributed by atoms with Gasteiger partial charge in [-0.2, -0.15) is 21.9 Å². The Morgan fingerprint density at radius 1 is 1.04 bits per heavy atom. The lowest BCUT2D eigenvalue weighted by Gasteiger charge is -2.06. The lowest BCUT2D eigenvalue weighted by atomic mass is 10.1. The van der Waals surface area contributed by atoms with Gasteiger partial charge < -0.3 is 5.11 Å². The molecule has 134 valence electrons. The van der Waals surface area contributed by atoms with E-state index in [1.807, 2.05) is 0 Å². The summed E-state index contributed by atoms with van der Waals surface area (Å²) in [6.45, 7) is 0. The highest BCUT2D eigenvalue weighted by molar-refractivity contribution is 7.85. The van der Waals surface area contributed by atoms with Crippen LogP contribution in [0.2, 0.25) is 0 Å². The number of nitrogens with zero attached hydrogens (tertiary/aromatic N) is 2. The number of rotatable bonds is 3. The normalized spacial score (nSPS) is 14.8. The van der Waals surface area contributed by atoms with E-state index < -0.39 is 20.4 Å². The molecular weight excluding hydrogens is 380 g/mol. The molecule has 1 aliphatic carbocycles. The van der Waals surface area contributed by atoms with Crippen molar-refractivity contribution in [3.63, 3.8) is 0 Å². The molecular formula is C16H12N2O6S2. The van der Waals surface area contributed by atoms with Gasteiger partial charge in [0.05, 0.1) is 15.5 Å². The Labute approximate surface area is 150 Å². The zero-order chi connectivity index (χ0) is 18.9. The van der Waals surface area contributed by atoms with Gasteiger partial charge >= 0.3 is 0 Å². The van der Waals surface area contributed by atoms with Crippen LogP contribution in [-0.2, 0) is 20.4 Å². The number of aromatic hydroxyl groups is 1. The van der Waals surface area contributed by atoms with Gasteiger partial charge in [-0.05, 0) is 35.7 Å². The molecule has 0 amide bonds. The number of azo groups is 1. The van der Waals surface area contributed by atoms with Crippen LogP contribution in [0.1, 0.15) is 6.42 Å². The highest BCUT2D eigenvalue weighted by Crippen LogP contribution is 2.36. The molecule has 0 atom stereocenters. The van der Waals surface area contributed by atoms with E-state index >= 15 is 0 Å². The van der Waals surface area contributed by atoms with E-state index in [4.69, 9.17) is 4.55 Å². The Morgan fingerprint density at radius 3 is 2.42 bits per heavy atom. The minimum atomic E-state index is -4.35. The number of fused-ring (bicyclic) bond motifs is 1. The van der Waals surface area contributed by atoms with Gasteiger partial charge in [-0.15, -0.1) is 5.11 Å². The topological polar surface area (TPSA) is 133 Å². The second kappa shape index (κ2) is 6.83. The molecule has 0 bridgehead atoms. The average Bonchev–Trinajstić information content (AvgIpc) is 2.60. The maximum atomic E-state index is 11.2. The largest absolute Gasteiger partial charge is 0.506 e. The molecule has 2 aromatic rings. The SMILES string of the molecule is O=S(=O)=C1C=CC(N=Nc2c(O)ccc3cc(S(=O)(=O)O)ccc23)=CC1. The van der Waals surface area contributed by atoms with Gasteiger partial charge in [-0.3, -0.25) is 4.55 Å². The molecule has 1 aliphatic rings. The molecule has 0 aromatic heterocycles. The summed E-state index contributed by atoms with van der Waals surface area (Å²) in [7, 11) is -6.63. The lowest BCUT2D eigenvalue weighted by molar-refractivity contribution is 0.477. The number of phenols is 1. The molecule has 3 rings (SSSR count). The molecule has 0 unspecified atom stereocenters. The van der Waals surface area contributed by atoms with E-state index in [1.165, 1.54) is 42.5 Å². The Kier molecular flexibility index (Phi) is 4.72. The van der Waals surface area contributed by atoms with Crippen molar-refractivity contribution in [1.29, 1.82) is 0 Å². The zero-order valence-electron chi connectivity index (χ0n) is 13.1. The van der Waals surface area contributed by atoms with Crippen LogP contribution in [0.15, 0.2) is 69.4 Å². The van der Waals surface area contributed by atoms with E-state index in [0.29, 0.717) is 16.5 Å². The Balaban J connectivity index is 2.02.